The average Bonchev–Trinajstić information content (AvgIpc) is 2.37. The predicted octanol–water partition coefficient (Wildman–Crippen LogP) is 4.50. The van der Waals surface area contributed by atoms with Crippen molar-refractivity contribution in [2.45, 2.75) is 12.5 Å². The van der Waals surface area contributed by atoms with Crippen LogP contribution in [0.1, 0.15) is 17.2 Å². The second-order valence-electron chi connectivity index (χ2n) is 4.09. The Morgan fingerprint density at radius 2 is 1.79 bits per heavy atom. The fourth-order valence-electron chi connectivity index (χ4n) is 1.76. The summed E-state index contributed by atoms with van der Waals surface area (Å²) in [6.07, 6.45) is -1.13. The molecule has 2 rings (SSSR count). The van der Waals surface area contributed by atoms with Gasteiger partial charge in [-0.1, -0.05) is 23.7 Å². The molecule has 0 aliphatic heterocycles. The minimum Gasteiger partial charge on any atom is -0.388 e. The molecule has 0 aliphatic rings. The van der Waals surface area contributed by atoms with Crippen molar-refractivity contribution in [1.82, 2.24) is 0 Å². The summed E-state index contributed by atoms with van der Waals surface area (Å²) < 4.78 is 27.8. The molecule has 1 nitrogen and oxygen atoms in total. The van der Waals surface area contributed by atoms with Gasteiger partial charge in [0.1, 0.15) is 11.6 Å². The van der Waals surface area contributed by atoms with Gasteiger partial charge in [-0.05, 0) is 52.4 Å². The number of hydrogen-bond donors (Lipinski definition) is 1. The lowest BCUT2D eigenvalue weighted by molar-refractivity contribution is 0.175. The molecule has 0 spiro atoms. The Morgan fingerprint density at radius 1 is 1.16 bits per heavy atom. The first-order valence-corrected chi connectivity index (χ1v) is 7.00. The summed E-state index contributed by atoms with van der Waals surface area (Å²) in [5.74, 6) is -1.31. The van der Waals surface area contributed by atoms with Gasteiger partial charge in [-0.3, -0.25) is 0 Å². The lowest BCUT2D eigenvalue weighted by Crippen LogP contribution is -2.06. The van der Waals surface area contributed by atoms with Gasteiger partial charge >= 0.3 is 0 Å². The molecule has 5 heteroatoms. The average molecular weight is 395 g/mol. The van der Waals surface area contributed by atoms with Gasteiger partial charge in [-0.15, -0.1) is 0 Å². The number of rotatable bonds is 3. The zero-order valence-electron chi connectivity index (χ0n) is 9.71. The van der Waals surface area contributed by atoms with E-state index in [1.807, 2.05) is 0 Å². The molecule has 0 fully saturated rings. The second-order valence-corrected chi connectivity index (χ2v) is 5.66. The third-order valence-electron chi connectivity index (χ3n) is 2.79. The molecule has 0 aliphatic carbocycles. The molecule has 0 aromatic heterocycles. The van der Waals surface area contributed by atoms with Crippen LogP contribution in [0.4, 0.5) is 8.78 Å². The van der Waals surface area contributed by atoms with Gasteiger partial charge in [-0.2, -0.15) is 0 Å². The third kappa shape index (κ3) is 3.43. The Hall–Kier alpha value is -0.720. The smallest absolute Gasteiger partial charge is 0.129 e. The molecule has 19 heavy (non-hydrogen) atoms. The highest BCUT2D eigenvalue weighted by Gasteiger charge is 2.16. The van der Waals surface area contributed by atoms with Gasteiger partial charge in [0.25, 0.3) is 0 Å². The van der Waals surface area contributed by atoms with E-state index in [4.69, 9.17) is 11.6 Å². The Labute approximate surface area is 128 Å². The largest absolute Gasteiger partial charge is 0.388 e. The Balaban J connectivity index is 2.25. The van der Waals surface area contributed by atoms with Crippen LogP contribution >= 0.6 is 34.2 Å². The normalized spacial score (nSPS) is 12.5. The SMILES string of the molecule is OC(Cc1c(F)cccc1F)c1ccc(I)c(Cl)c1. The quantitative estimate of drug-likeness (QED) is 0.760. The van der Waals surface area contributed by atoms with Crippen molar-refractivity contribution in [1.29, 1.82) is 0 Å². The zero-order valence-corrected chi connectivity index (χ0v) is 12.6. The van der Waals surface area contributed by atoms with E-state index in [1.54, 1.807) is 18.2 Å². The number of benzene rings is 2. The second kappa shape index (κ2) is 6.15. The van der Waals surface area contributed by atoms with E-state index in [9.17, 15) is 13.9 Å². The van der Waals surface area contributed by atoms with E-state index in [0.717, 1.165) is 3.57 Å². The lowest BCUT2D eigenvalue weighted by atomic mass is 10.0. The van der Waals surface area contributed by atoms with E-state index in [0.29, 0.717) is 10.6 Å². The van der Waals surface area contributed by atoms with Gasteiger partial charge in [0, 0.05) is 15.6 Å². The summed E-state index contributed by atoms with van der Waals surface area (Å²) in [5, 5.41) is 10.5. The Kier molecular flexibility index (Phi) is 4.76. The van der Waals surface area contributed by atoms with Gasteiger partial charge in [0.15, 0.2) is 0 Å². The number of aliphatic hydroxyl groups excluding tert-OH is 1. The van der Waals surface area contributed by atoms with Crippen LogP contribution in [0.2, 0.25) is 5.02 Å². The molecule has 2 aromatic carbocycles. The Morgan fingerprint density at radius 3 is 2.37 bits per heavy atom. The van der Waals surface area contributed by atoms with Crippen LogP contribution in [0.15, 0.2) is 36.4 Å². The van der Waals surface area contributed by atoms with E-state index >= 15 is 0 Å². The van der Waals surface area contributed by atoms with Crippen molar-refractivity contribution < 1.29 is 13.9 Å². The first-order chi connectivity index (χ1) is 8.99. The molecule has 0 bridgehead atoms. The summed E-state index contributed by atoms with van der Waals surface area (Å²) in [6, 6.07) is 8.68. The van der Waals surface area contributed by atoms with Crippen molar-refractivity contribution in [2.75, 3.05) is 0 Å². The van der Waals surface area contributed by atoms with Crippen molar-refractivity contribution in [3.63, 3.8) is 0 Å². The molecule has 1 N–H and O–H groups in total. The Bertz CT molecular complexity index is 584. The highest BCUT2D eigenvalue weighted by atomic mass is 127. The monoisotopic (exact) mass is 394 g/mol. The summed E-state index contributed by atoms with van der Waals surface area (Å²) in [6.45, 7) is 0. The minimum absolute atomic E-state index is 0.121. The minimum atomic E-state index is -0.999. The maximum Gasteiger partial charge on any atom is 0.129 e. The highest BCUT2D eigenvalue weighted by molar-refractivity contribution is 14.1. The summed E-state index contributed by atoms with van der Waals surface area (Å²) in [7, 11) is 0. The molecular formula is C14H10ClF2IO. The lowest BCUT2D eigenvalue weighted by Gasteiger charge is -2.13. The van der Waals surface area contributed by atoms with Crippen molar-refractivity contribution in [2.24, 2.45) is 0 Å². The van der Waals surface area contributed by atoms with Crippen molar-refractivity contribution in [3.8, 4) is 0 Å². The van der Waals surface area contributed by atoms with Gasteiger partial charge in [-0.25, -0.2) is 8.78 Å². The summed E-state index contributed by atoms with van der Waals surface area (Å²) in [5.41, 5.74) is 0.415. The molecule has 0 saturated heterocycles. The van der Waals surface area contributed by atoms with Crippen LogP contribution in [0.3, 0.4) is 0 Å². The van der Waals surface area contributed by atoms with Gasteiger partial charge < -0.3 is 5.11 Å². The molecular weight excluding hydrogens is 385 g/mol. The molecule has 0 heterocycles. The van der Waals surface area contributed by atoms with Crippen LogP contribution in [-0.2, 0) is 6.42 Å². The van der Waals surface area contributed by atoms with Crippen molar-refractivity contribution in [3.05, 3.63) is 67.8 Å². The molecule has 0 amide bonds. The predicted molar refractivity (Wildman–Crippen MR) is 79.2 cm³/mol. The standard InChI is InChI=1S/C14H10ClF2IO/c15-10-6-8(4-5-13(10)18)14(19)7-9-11(16)2-1-3-12(9)17/h1-6,14,19H,7H2. The fourth-order valence-corrected chi connectivity index (χ4v) is 2.28. The number of halogens is 4. The van der Waals surface area contributed by atoms with Crippen LogP contribution in [0.25, 0.3) is 0 Å². The van der Waals surface area contributed by atoms with E-state index in [1.165, 1.54) is 18.2 Å². The van der Waals surface area contributed by atoms with Crippen LogP contribution < -0.4 is 0 Å². The van der Waals surface area contributed by atoms with Crippen molar-refractivity contribution >= 4 is 34.2 Å². The first kappa shape index (κ1) is 14.7. The topological polar surface area (TPSA) is 20.2 Å². The molecule has 0 saturated carbocycles. The fraction of sp³-hybridized carbons (Fsp3) is 0.143. The van der Waals surface area contributed by atoms with Crippen LogP contribution in [0.5, 0.6) is 0 Å². The van der Waals surface area contributed by atoms with E-state index in [-0.39, 0.29) is 12.0 Å². The van der Waals surface area contributed by atoms with E-state index in [2.05, 4.69) is 22.6 Å². The molecule has 0 radical (unpaired) electrons. The molecule has 100 valence electrons. The summed E-state index contributed by atoms with van der Waals surface area (Å²) >= 11 is 8.02. The van der Waals surface area contributed by atoms with E-state index < -0.39 is 17.7 Å². The third-order valence-corrected chi connectivity index (χ3v) is 4.36. The van der Waals surface area contributed by atoms with Crippen LogP contribution in [0, 0.1) is 15.2 Å². The maximum absolute atomic E-state index is 13.5. The van der Waals surface area contributed by atoms with Gasteiger partial charge in [0.05, 0.1) is 11.1 Å². The first-order valence-electron chi connectivity index (χ1n) is 5.55. The number of hydrogen-bond acceptors (Lipinski definition) is 1. The molecule has 1 atom stereocenters. The molecule has 1 unspecified atom stereocenters. The highest BCUT2D eigenvalue weighted by Crippen LogP contribution is 2.26. The zero-order chi connectivity index (χ0) is 14.0. The van der Waals surface area contributed by atoms with Crippen LogP contribution in [-0.4, -0.2) is 5.11 Å². The number of aliphatic hydroxyl groups is 1. The molecule has 2 aromatic rings. The van der Waals surface area contributed by atoms with Gasteiger partial charge in [0.2, 0.25) is 0 Å². The summed E-state index contributed by atoms with van der Waals surface area (Å²) in [4.78, 5) is 0. The maximum atomic E-state index is 13.5.